The Morgan fingerprint density at radius 1 is 1.36 bits per heavy atom. The lowest BCUT2D eigenvalue weighted by Gasteiger charge is -2.12. The highest BCUT2D eigenvalue weighted by molar-refractivity contribution is 7.80. The summed E-state index contributed by atoms with van der Waals surface area (Å²) in [7, 11) is 0. The summed E-state index contributed by atoms with van der Waals surface area (Å²) in [4.78, 5) is 22.1. The molecule has 0 aromatic heterocycles. The lowest BCUT2D eigenvalue weighted by Crippen LogP contribution is -2.29. The average molecular weight is 220 g/mol. The van der Waals surface area contributed by atoms with E-state index in [0.717, 1.165) is 0 Å². The molecule has 1 atom stereocenters. The highest BCUT2D eigenvalue weighted by Gasteiger charge is 2.18. The molecule has 0 heterocycles. The first-order valence-corrected chi connectivity index (χ1v) is 5.19. The van der Waals surface area contributed by atoms with Gasteiger partial charge in [-0.25, -0.2) is 4.79 Å². The van der Waals surface area contributed by atoms with Gasteiger partial charge in [0.05, 0.1) is 0 Å². The molecule has 0 aliphatic heterocycles. The Balaban J connectivity index is 3.86. The van der Waals surface area contributed by atoms with Crippen LogP contribution in [0.4, 0.5) is 0 Å². The summed E-state index contributed by atoms with van der Waals surface area (Å²) in [5.74, 6) is -0.371. The average Bonchev–Trinajstić information content (AvgIpc) is 2.21. The summed E-state index contributed by atoms with van der Waals surface area (Å²) in [5, 5.41) is 0. The van der Waals surface area contributed by atoms with Gasteiger partial charge in [-0.3, -0.25) is 4.79 Å². The second-order valence-electron chi connectivity index (χ2n) is 2.63. The van der Waals surface area contributed by atoms with E-state index in [2.05, 4.69) is 12.6 Å². The number of carbonyl (C=O) groups is 2. The number of carbonyl (C=O) groups excluding carboxylic acids is 2. The van der Waals surface area contributed by atoms with Crippen molar-refractivity contribution in [2.24, 2.45) is 0 Å². The first-order chi connectivity index (χ1) is 6.65. The van der Waals surface area contributed by atoms with Crippen LogP contribution >= 0.6 is 12.6 Å². The third kappa shape index (κ3) is 5.24. The van der Waals surface area contributed by atoms with Gasteiger partial charge < -0.3 is 9.47 Å². The Morgan fingerprint density at radius 3 is 2.43 bits per heavy atom. The van der Waals surface area contributed by atoms with Crippen molar-refractivity contribution in [2.45, 2.75) is 26.4 Å². The topological polar surface area (TPSA) is 52.6 Å². The molecule has 0 rings (SSSR count). The predicted molar refractivity (Wildman–Crippen MR) is 55.5 cm³/mol. The van der Waals surface area contributed by atoms with Crippen LogP contribution in [0, 0.1) is 0 Å². The van der Waals surface area contributed by atoms with Gasteiger partial charge in [0.25, 0.3) is 0 Å². The molecular formula is C9H16O4S. The van der Waals surface area contributed by atoms with Crippen LogP contribution in [0.1, 0.15) is 20.3 Å². The summed E-state index contributed by atoms with van der Waals surface area (Å²) in [6.07, 6.45) is -0.305. The summed E-state index contributed by atoms with van der Waals surface area (Å²) >= 11 is 3.95. The van der Waals surface area contributed by atoms with Crippen molar-refractivity contribution in [1.29, 1.82) is 0 Å². The Labute approximate surface area is 89.4 Å². The van der Waals surface area contributed by atoms with Crippen LogP contribution in [0.3, 0.4) is 0 Å². The maximum Gasteiger partial charge on any atom is 0.336 e. The van der Waals surface area contributed by atoms with Gasteiger partial charge in [0.15, 0.2) is 11.9 Å². The number of esters is 1. The van der Waals surface area contributed by atoms with E-state index >= 15 is 0 Å². The number of hydrogen-bond donors (Lipinski definition) is 1. The smallest absolute Gasteiger partial charge is 0.336 e. The zero-order chi connectivity index (χ0) is 11.0. The summed E-state index contributed by atoms with van der Waals surface area (Å²) in [6.45, 7) is 3.74. The molecule has 0 amide bonds. The van der Waals surface area contributed by atoms with Crippen molar-refractivity contribution >= 4 is 24.4 Å². The first kappa shape index (κ1) is 13.4. The van der Waals surface area contributed by atoms with E-state index in [1.807, 2.05) is 0 Å². The third-order valence-corrected chi connectivity index (χ3v) is 1.90. The fraction of sp³-hybridized carbons (Fsp3) is 0.778. The minimum atomic E-state index is -0.673. The van der Waals surface area contributed by atoms with Crippen molar-refractivity contribution in [2.75, 3.05) is 19.0 Å². The molecule has 0 fully saturated rings. The SMILES string of the molecule is CCOC(CS)C(=O)OCC(=O)CC. The van der Waals surface area contributed by atoms with Gasteiger partial charge in [0.2, 0.25) is 0 Å². The van der Waals surface area contributed by atoms with Crippen LogP contribution in [0.2, 0.25) is 0 Å². The number of rotatable bonds is 7. The van der Waals surface area contributed by atoms with Gasteiger partial charge in [0, 0.05) is 18.8 Å². The normalized spacial score (nSPS) is 12.2. The molecule has 0 aromatic carbocycles. The van der Waals surface area contributed by atoms with Crippen LogP contribution < -0.4 is 0 Å². The number of ketones is 1. The van der Waals surface area contributed by atoms with Crippen molar-refractivity contribution in [3.05, 3.63) is 0 Å². The zero-order valence-corrected chi connectivity index (χ0v) is 9.38. The van der Waals surface area contributed by atoms with Crippen LogP contribution in [0.5, 0.6) is 0 Å². The van der Waals surface area contributed by atoms with Crippen LogP contribution in [0.15, 0.2) is 0 Å². The van der Waals surface area contributed by atoms with E-state index in [1.54, 1.807) is 13.8 Å². The van der Waals surface area contributed by atoms with E-state index in [1.165, 1.54) is 0 Å². The first-order valence-electron chi connectivity index (χ1n) is 4.56. The molecular weight excluding hydrogens is 204 g/mol. The van der Waals surface area contributed by atoms with Crippen molar-refractivity contribution in [3.8, 4) is 0 Å². The molecule has 0 saturated carbocycles. The molecule has 0 radical (unpaired) electrons. The van der Waals surface area contributed by atoms with E-state index in [9.17, 15) is 9.59 Å². The van der Waals surface area contributed by atoms with Crippen LogP contribution in [-0.2, 0) is 19.1 Å². The summed E-state index contributed by atoms with van der Waals surface area (Å²) in [6, 6.07) is 0. The molecule has 0 N–H and O–H groups in total. The summed E-state index contributed by atoms with van der Waals surface area (Å²) < 4.78 is 9.79. The van der Waals surface area contributed by atoms with Crippen molar-refractivity contribution in [1.82, 2.24) is 0 Å². The lowest BCUT2D eigenvalue weighted by molar-refractivity contribution is -0.158. The number of thiol groups is 1. The van der Waals surface area contributed by atoms with Gasteiger partial charge >= 0.3 is 5.97 Å². The fourth-order valence-corrected chi connectivity index (χ4v) is 0.998. The van der Waals surface area contributed by atoms with Crippen LogP contribution in [-0.4, -0.2) is 36.8 Å². The molecule has 0 spiro atoms. The predicted octanol–water partition coefficient (Wildman–Crippen LogP) is 0.844. The number of ether oxygens (including phenoxy) is 2. The quantitative estimate of drug-likeness (QED) is 0.510. The highest BCUT2D eigenvalue weighted by atomic mass is 32.1. The minimum absolute atomic E-state index is 0.104. The molecule has 1 unspecified atom stereocenters. The van der Waals surface area contributed by atoms with Crippen LogP contribution in [0.25, 0.3) is 0 Å². The lowest BCUT2D eigenvalue weighted by atomic mass is 10.3. The maximum atomic E-state index is 11.2. The highest BCUT2D eigenvalue weighted by Crippen LogP contribution is 1.99. The minimum Gasteiger partial charge on any atom is -0.456 e. The van der Waals surface area contributed by atoms with E-state index < -0.39 is 12.1 Å². The largest absolute Gasteiger partial charge is 0.456 e. The zero-order valence-electron chi connectivity index (χ0n) is 8.49. The molecule has 82 valence electrons. The van der Waals surface area contributed by atoms with Gasteiger partial charge in [-0.15, -0.1) is 0 Å². The van der Waals surface area contributed by atoms with Gasteiger partial charge in [0.1, 0.15) is 6.61 Å². The molecule has 5 heteroatoms. The molecule has 0 aromatic rings. The van der Waals surface area contributed by atoms with Gasteiger partial charge in [-0.1, -0.05) is 6.92 Å². The third-order valence-electron chi connectivity index (χ3n) is 1.57. The van der Waals surface area contributed by atoms with Crippen molar-refractivity contribution in [3.63, 3.8) is 0 Å². The molecule has 0 bridgehead atoms. The fourth-order valence-electron chi connectivity index (χ4n) is 0.743. The molecule has 0 aliphatic rings. The molecule has 0 saturated heterocycles. The number of hydrogen-bond acceptors (Lipinski definition) is 5. The van der Waals surface area contributed by atoms with Crippen molar-refractivity contribution < 1.29 is 19.1 Å². The molecule has 0 aliphatic carbocycles. The molecule has 4 nitrogen and oxygen atoms in total. The second-order valence-corrected chi connectivity index (χ2v) is 2.99. The molecule has 14 heavy (non-hydrogen) atoms. The van der Waals surface area contributed by atoms with E-state index in [0.29, 0.717) is 13.0 Å². The maximum absolute atomic E-state index is 11.2. The van der Waals surface area contributed by atoms with E-state index in [-0.39, 0.29) is 18.1 Å². The Hall–Kier alpha value is -0.550. The Bertz CT molecular complexity index is 193. The Morgan fingerprint density at radius 2 is 2.00 bits per heavy atom. The van der Waals surface area contributed by atoms with Gasteiger partial charge in [-0.2, -0.15) is 12.6 Å². The van der Waals surface area contributed by atoms with Gasteiger partial charge in [-0.05, 0) is 6.92 Å². The second kappa shape index (κ2) is 7.82. The number of Topliss-reactive ketones (excluding diaryl/α,β-unsaturated/α-hetero) is 1. The Kier molecular flexibility index (Phi) is 7.51. The standard InChI is InChI=1S/C9H16O4S/c1-3-7(10)5-13-9(11)8(6-14)12-4-2/h8,14H,3-6H2,1-2H3. The summed E-state index contributed by atoms with van der Waals surface area (Å²) in [5.41, 5.74) is 0. The van der Waals surface area contributed by atoms with E-state index in [4.69, 9.17) is 9.47 Å². The monoisotopic (exact) mass is 220 g/mol.